The van der Waals surface area contributed by atoms with E-state index in [1.54, 1.807) is 13.0 Å². The molecule has 0 saturated carbocycles. The zero-order chi connectivity index (χ0) is 20.1. The first kappa shape index (κ1) is 19.4. The summed E-state index contributed by atoms with van der Waals surface area (Å²) in [6.45, 7) is 5.99. The summed E-state index contributed by atoms with van der Waals surface area (Å²) < 4.78 is 7.03. The van der Waals surface area contributed by atoms with Crippen molar-refractivity contribution in [1.29, 1.82) is 0 Å². The molecule has 0 atom stereocenters. The van der Waals surface area contributed by atoms with Gasteiger partial charge in [-0.1, -0.05) is 42.5 Å². The SMILES string of the molecule is CCOC(=O)c1cc(-c2ccccc2)n(CC(=O)Nc2cccc(C)c2)c1C. The van der Waals surface area contributed by atoms with Gasteiger partial charge in [0.1, 0.15) is 6.54 Å². The normalized spacial score (nSPS) is 10.5. The highest BCUT2D eigenvalue weighted by atomic mass is 16.5. The molecule has 0 radical (unpaired) electrons. The number of amides is 1. The summed E-state index contributed by atoms with van der Waals surface area (Å²) >= 11 is 0. The number of carbonyl (C=O) groups is 2. The van der Waals surface area contributed by atoms with Crippen LogP contribution in [0.2, 0.25) is 0 Å². The minimum atomic E-state index is -0.380. The van der Waals surface area contributed by atoms with Crippen LogP contribution >= 0.6 is 0 Å². The van der Waals surface area contributed by atoms with Gasteiger partial charge in [-0.25, -0.2) is 4.79 Å². The van der Waals surface area contributed by atoms with E-state index < -0.39 is 0 Å². The maximum absolute atomic E-state index is 12.7. The van der Waals surface area contributed by atoms with Gasteiger partial charge in [0.15, 0.2) is 0 Å². The van der Waals surface area contributed by atoms with Crippen LogP contribution in [0.15, 0.2) is 60.7 Å². The molecule has 0 spiro atoms. The maximum Gasteiger partial charge on any atom is 0.339 e. The fraction of sp³-hybridized carbons (Fsp3) is 0.217. The highest BCUT2D eigenvalue weighted by Gasteiger charge is 2.20. The molecule has 0 aliphatic heterocycles. The van der Waals surface area contributed by atoms with Gasteiger partial charge >= 0.3 is 5.97 Å². The number of nitrogens with one attached hydrogen (secondary N) is 1. The summed E-state index contributed by atoms with van der Waals surface area (Å²) in [6.07, 6.45) is 0. The Hall–Kier alpha value is -3.34. The number of hydrogen-bond donors (Lipinski definition) is 1. The van der Waals surface area contributed by atoms with Crippen molar-refractivity contribution in [2.45, 2.75) is 27.3 Å². The third-order valence-corrected chi connectivity index (χ3v) is 4.53. The van der Waals surface area contributed by atoms with E-state index >= 15 is 0 Å². The van der Waals surface area contributed by atoms with Gasteiger partial charge in [-0.15, -0.1) is 0 Å². The average molecular weight is 376 g/mol. The zero-order valence-electron chi connectivity index (χ0n) is 16.4. The Morgan fingerprint density at radius 2 is 1.75 bits per heavy atom. The number of ether oxygens (including phenoxy) is 1. The molecule has 3 rings (SSSR count). The van der Waals surface area contributed by atoms with Gasteiger partial charge < -0.3 is 14.6 Å². The minimum Gasteiger partial charge on any atom is -0.462 e. The molecule has 0 unspecified atom stereocenters. The third-order valence-electron chi connectivity index (χ3n) is 4.53. The number of carbonyl (C=O) groups excluding carboxylic acids is 2. The third kappa shape index (κ3) is 4.31. The van der Waals surface area contributed by atoms with Gasteiger partial charge in [-0.3, -0.25) is 4.79 Å². The number of esters is 1. The molecule has 1 N–H and O–H groups in total. The summed E-state index contributed by atoms with van der Waals surface area (Å²) in [7, 11) is 0. The number of rotatable bonds is 6. The Kier molecular flexibility index (Phi) is 5.94. The standard InChI is InChI=1S/C23H24N2O3/c1-4-28-23(27)20-14-21(18-10-6-5-7-11-18)25(17(20)3)15-22(26)24-19-12-8-9-16(2)13-19/h5-14H,4,15H2,1-3H3,(H,24,26). The molecule has 0 aliphatic rings. The fourth-order valence-electron chi connectivity index (χ4n) is 3.18. The molecule has 1 amide bonds. The number of aromatic nitrogens is 1. The van der Waals surface area contributed by atoms with Crippen LogP contribution in [0.4, 0.5) is 5.69 Å². The van der Waals surface area contributed by atoms with Crippen molar-refractivity contribution in [3.8, 4) is 11.3 Å². The van der Waals surface area contributed by atoms with Crippen molar-refractivity contribution < 1.29 is 14.3 Å². The molecular weight excluding hydrogens is 352 g/mol. The lowest BCUT2D eigenvalue weighted by atomic mass is 10.1. The number of nitrogens with zero attached hydrogens (tertiary/aromatic N) is 1. The summed E-state index contributed by atoms with van der Waals surface area (Å²) in [6, 6.07) is 19.2. The van der Waals surface area contributed by atoms with Crippen LogP contribution in [-0.4, -0.2) is 23.1 Å². The second-order valence-electron chi connectivity index (χ2n) is 6.62. The van der Waals surface area contributed by atoms with E-state index in [1.807, 2.05) is 73.0 Å². The highest BCUT2D eigenvalue weighted by Crippen LogP contribution is 2.26. The second-order valence-corrected chi connectivity index (χ2v) is 6.62. The fourth-order valence-corrected chi connectivity index (χ4v) is 3.18. The Labute approximate surface area is 165 Å². The molecule has 28 heavy (non-hydrogen) atoms. The zero-order valence-corrected chi connectivity index (χ0v) is 16.4. The summed E-state index contributed by atoms with van der Waals surface area (Å²) in [5, 5.41) is 2.92. The molecule has 5 nitrogen and oxygen atoms in total. The van der Waals surface area contributed by atoms with E-state index in [0.29, 0.717) is 17.9 Å². The highest BCUT2D eigenvalue weighted by molar-refractivity contribution is 5.94. The first-order valence-electron chi connectivity index (χ1n) is 9.28. The van der Waals surface area contributed by atoms with Gasteiger partial charge in [-0.2, -0.15) is 0 Å². The Bertz CT molecular complexity index is 990. The van der Waals surface area contributed by atoms with Gasteiger partial charge in [0.25, 0.3) is 0 Å². The van der Waals surface area contributed by atoms with Crippen LogP contribution in [0.3, 0.4) is 0 Å². The molecule has 1 heterocycles. The van der Waals surface area contributed by atoms with E-state index in [2.05, 4.69) is 5.32 Å². The largest absolute Gasteiger partial charge is 0.462 e. The van der Waals surface area contributed by atoms with E-state index in [1.165, 1.54) is 0 Å². The van der Waals surface area contributed by atoms with Crippen LogP contribution in [0.1, 0.15) is 28.5 Å². The molecule has 144 valence electrons. The molecule has 2 aromatic carbocycles. The van der Waals surface area contributed by atoms with E-state index in [-0.39, 0.29) is 18.4 Å². The lowest BCUT2D eigenvalue weighted by Gasteiger charge is -2.13. The lowest BCUT2D eigenvalue weighted by Crippen LogP contribution is -2.20. The van der Waals surface area contributed by atoms with Gasteiger partial charge in [0.05, 0.1) is 12.2 Å². The molecule has 0 aliphatic carbocycles. The van der Waals surface area contributed by atoms with Crippen LogP contribution in [0.5, 0.6) is 0 Å². The Morgan fingerprint density at radius 3 is 2.43 bits per heavy atom. The topological polar surface area (TPSA) is 60.3 Å². The predicted molar refractivity (Wildman–Crippen MR) is 110 cm³/mol. The Morgan fingerprint density at radius 1 is 1.00 bits per heavy atom. The smallest absolute Gasteiger partial charge is 0.339 e. The first-order chi connectivity index (χ1) is 13.5. The van der Waals surface area contributed by atoms with Crippen molar-refractivity contribution in [3.63, 3.8) is 0 Å². The number of anilines is 1. The molecule has 5 heteroatoms. The molecule has 0 bridgehead atoms. The minimum absolute atomic E-state index is 0.101. The molecule has 3 aromatic rings. The van der Waals surface area contributed by atoms with Crippen LogP contribution < -0.4 is 5.32 Å². The van der Waals surface area contributed by atoms with E-state index in [9.17, 15) is 9.59 Å². The van der Waals surface area contributed by atoms with E-state index in [4.69, 9.17) is 4.74 Å². The monoisotopic (exact) mass is 376 g/mol. The second kappa shape index (κ2) is 8.57. The number of hydrogen-bond acceptors (Lipinski definition) is 3. The lowest BCUT2D eigenvalue weighted by molar-refractivity contribution is -0.116. The summed E-state index contributed by atoms with van der Waals surface area (Å²) in [4.78, 5) is 25.0. The van der Waals surface area contributed by atoms with E-state index in [0.717, 1.165) is 22.5 Å². The molecule has 1 aromatic heterocycles. The van der Waals surface area contributed by atoms with Crippen LogP contribution in [0.25, 0.3) is 11.3 Å². The van der Waals surface area contributed by atoms with Crippen molar-refractivity contribution in [1.82, 2.24) is 4.57 Å². The Balaban J connectivity index is 1.94. The quantitative estimate of drug-likeness (QED) is 0.640. The average Bonchev–Trinajstić information content (AvgIpc) is 2.99. The van der Waals surface area contributed by atoms with Gasteiger partial charge in [-0.05, 0) is 50.1 Å². The van der Waals surface area contributed by atoms with Gasteiger partial charge in [0.2, 0.25) is 5.91 Å². The van der Waals surface area contributed by atoms with Crippen molar-refractivity contribution in [2.24, 2.45) is 0 Å². The molecule has 0 saturated heterocycles. The molecule has 0 fully saturated rings. The summed E-state index contributed by atoms with van der Waals surface area (Å²) in [5.41, 5.74) is 4.75. The van der Waals surface area contributed by atoms with Gasteiger partial charge in [0, 0.05) is 17.1 Å². The number of benzene rings is 2. The van der Waals surface area contributed by atoms with Crippen molar-refractivity contribution >= 4 is 17.6 Å². The summed E-state index contributed by atoms with van der Waals surface area (Å²) in [5.74, 6) is -0.535. The number of aryl methyl sites for hydroxylation is 1. The predicted octanol–water partition coefficient (Wildman–Crippen LogP) is 4.59. The van der Waals surface area contributed by atoms with Crippen LogP contribution in [-0.2, 0) is 16.1 Å². The van der Waals surface area contributed by atoms with Crippen LogP contribution in [0, 0.1) is 13.8 Å². The van der Waals surface area contributed by atoms with Crippen molar-refractivity contribution in [3.05, 3.63) is 77.5 Å². The first-order valence-corrected chi connectivity index (χ1v) is 9.28. The maximum atomic E-state index is 12.7. The molecular formula is C23H24N2O3. The van der Waals surface area contributed by atoms with Crippen molar-refractivity contribution in [2.75, 3.05) is 11.9 Å².